The Kier molecular flexibility index (Phi) is 2.66. The number of nitrogens with zero attached hydrogens (tertiary/aromatic N) is 1. The van der Waals surface area contributed by atoms with E-state index >= 15 is 0 Å². The predicted octanol–water partition coefficient (Wildman–Crippen LogP) is 1.37. The molecular weight excluding hydrogens is 299 g/mol. The van der Waals surface area contributed by atoms with E-state index in [0.29, 0.717) is 0 Å². The minimum atomic E-state index is -2.01. The summed E-state index contributed by atoms with van der Waals surface area (Å²) in [6, 6.07) is 0.462. The van der Waals surface area contributed by atoms with Gasteiger partial charge in [-0.05, 0) is 28.1 Å². The molecule has 0 spiro atoms. The van der Waals surface area contributed by atoms with Crippen molar-refractivity contribution in [3.05, 3.63) is 38.1 Å². The smallest absolute Gasteiger partial charge is 0.316 e. The molecule has 6 nitrogen and oxygen atoms in total. The number of benzene rings is 1. The first-order valence-corrected chi connectivity index (χ1v) is 5.19. The van der Waals surface area contributed by atoms with Gasteiger partial charge in [0.25, 0.3) is 0 Å². The van der Waals surface area contributed by atoms with Gasteiger partial charge in [0, 0.05) is 4.92 Å². The average Bonchev–Trinajstić information content (AvgIpc) is 2.23. The highest BCUT2D eigenvalue weighted by Gasteiger charge is 2.44. The second-order valence-electron chi connectivity index (χ2n) is 3.33. The van der Waals surface area contributed by atoms with Crippen molar-refractivity contribution in [2.24, 2.45) is 0 Å². The Morgan fingerprint density at radius 2 is 2.06 bits per heavy atom. The molecule has 0 aromatic heterocycles. The normalized spacial score (nSPS) is 18.6. The fourth-order valence-electron chi connectivity index (χ4n) is 1.53. The molecule has 1 heterocycles. The summed E-state index contributed by atoms with van der Waals surface area (Å²) in [5, 5.41) is 12.6. The maximum absolute atomic E-state index is 13.6. The molecule has 1 amide bonds. The lowest BCUT2D eigenvalue weighted by atomic mass is 9.97. The van der Waals surface area contributed by atoms with E-state index in [1.807, 2.05) is 5.32 Å². The van der Waals surface area contributed by atoms with Crippen LogP contribution in [0.25, 0.3) is 0 Å². The van der Waals surface area contributed by atoms with Crippen molar-refractivity contribution in [3.8, 4) is 0 Å². The minimum Gasteiger partial charge on any atom is -0.316 e. The van der Waals surface area contributed by atoms with Crippen LogP contribution in [0.1, 0.15) is 10.4 Å². The van der Waals surface area contributed by atoms with Crippen LogP contribution >= 0.6 is 15.9 Å². The molecule has 0 bridgehead atoms. The first kappa shape index (κ1) is 11.6. The molecule has 88 valence electrons. The third kappa shape index (κ3) is 1.70. The zero-order chi connectivity index (χ0) is 12.7. The summed E-state index contributed by atoms with van der Waals surface area (Å²) in [5.41, 5.74) is -0.528. The summed E-state index contributed by atoms with van der Waals surface area (Å²) in [4.78, 5) is 32.5. The molecule has 1 unspecified atom stereocenters. The highest BCUT2D eigenvalue weighted by Crippen LogP contribution is 2.31. The van der Waals surface area contributed by atoms with Gasteiger partial charge in [-0.2, -0.15) is 0 Å². The van der Waals surface area contributed by atoms with Crippen molar-refractivity contribution < 1.29 is 18.9 Å². The molecule has 8 heteroatoms. The first-order valence-electron chi connectivity index (χ1n) is 4.40. The summed E-state index contributed by atoms with van der Waals surface area (Å²) in [7, 11) is 0. The Balaban J connectivity index is 2.61. The van der Waals surface area contributed by atoms with E-state index in [2.05, 4.69) is 15.9 Å². The largest absolute Gasteiger partial charge is 0.351 e. The van der Waals surface area contributed by atoms with Crippen molar-refractivity contribution in [2.45, 2.75) is 6.04 Å². The number of hydrogen-bond donors (Lipinski definition) is 1. The lowest BCUT2D eigenvalue weighted by Crippen LogP contribution is -2.45. The second kappa shape index (κ2) is 3.88. The number of carbonyl (C=O) groups excluding carboxylic acids is 2. The first-order chi connectivity index (χ1) is 7.93. The molecule has 0 saturated carbocycles. The van der Waals surface area contributed by atoms with Crippen molar-refractivity contribution in [2.75, 3.05) is 5.32 Å². The van der Waals surface area contributed by atoms with Crippen molar-refractivity contribution in [1.82, 2.24) is 0 Å². The van der Waals surface area contributed by atoms with Crippen LogP contribution < -0.4 is 5.32 Å². The molecule has 1 aliphatic heterocycles. The molecule has 1 N–H and O–H groups in total. The Bertz CT molecular complexity index is 560. The summed E-state index contributed by atoms with van der Waals surface area (Å²) in [6.07, 6.45) is 0. The van der Waals surface area contributed by atoms with Crippen LogP contribution in [0.3, 0.4) is 0 Å². The van der Waals surface area contributed by atoms with E-state index < -0.39 is 28.5 Å². The fourth-order valence-corrected chi connectivity index (χ4v) is 1.86. The summed E-state index contributed by atoms with van der Waals surface area (Å²) < 4.78 is 13.6. The van der Waals surface area contributed by atoms with Gasteiger partial charge in [-0.15, -0.1) is 0 Å². The van der Waals surface area contributed by atoms with Gasteiger partial charge in [-0.25, -0.2) is 4.39 Å². The molecule has 1 aliphatic rings. The summed E-state index contributed by atoms with van der Waals surface area (Å²) in [5.74, 6) is -2.98. The van der Waals surface area contributed by atoms with E-state index in [0.717, 1.165) is 0 Å². The van der Waals surface area contributed by atoms with E-state index in [-0.39, 0.29) is 15.7 Å². The SMILES string of the molecule is O=C1Nc2c(ccc(Br)c2F)C(=O)C1[N+](=O)[O-]. The summed E-state index contributed by atoms with van der Waals surface area (Å²) >= 11 is 2.89. The van der Waals surface area contributed by atoms with Gasteiger partial charge in [0.2, 0.25) is 5.78 Å². The number of nitrogens with one attached hydrogen (secondary N) is 1. The monoisotopic (exact) mass is 302 g/mol. The van der Waals surface area contributed by atoms with E-state index in [1.54, 1.807) is 0 Å². The molecule has 1 aromatic rings. The molecule has 2 rings (SSSR count). The number of ketones is 1. The van der Waals surface area contributed by atoms with E-state index in [1.165, 1.54) is 12.1 Å². The molecule has 0 aliphatic carbocycles. The van der Waals surface area contributed by atoms with Gasteiger partial charge in [0.1, 0.15) is 0 Å². The Morgan fingerprint density at radius 1 is 1.41 bits per heavy atom. The molecule has 0 radical (unpaired) electrons. The standard InChI is InChI=1S/C9H4BrFN2O4/c10-4-2-1-3-6(5(4)11)12-9(15)7(8(3)14)13(16)17/h1-2,7H,(H,12,15). The number of amides is 1. The minimum absolute atomic E-state index is 0.0592. The Hall–Kier alpha value is -1.83. The lowest BCUT2D eigenvalue weighted by Gasteiger charge is -2.19. The second-order valence-corrected chi connectivity index (χ2v) is 4.18. The number of fused-ring (bicyclic) bond motifs is 1. The van der Waals surface area contributed by atoms with Crippen LogP contribution in [-0.2, 0) is 4.79 Å². The molecular formula is C9H4BrFN2O4. The average molecular weight is 303 g/mol. The highest BCUT2D eigenvalue weighted by molar-refractivity contribution is 9.10. The van der Waals surface area contributed by atoms with Gasteiger partial charge in [-0.3, -0.25) is 19.7 Å². The van der Waals surface area contributed by atoms with Crippen molar-refractivity contribution >= 4 is 33.3 Å². The number of carbonyl (C=O) groups is 2. The molecule has 1 aromatic carbocycles. The molecule has 1 atom stereocenters. The summed E-state index contributed by atoms with van der Waals surface area (Å²) in [6.45, 7) is 0. The van der Waals surface area contributed by atoms with Crippen LogP contribution in [0.4, 0.5) is 10.1 Å². The molecule has 0 saturated heterocycles. The maximum atomic E-state index is 13.6. The van der Waals surface area contributed by atoms with Crippen LogP contribution in [-0.4, -0.2) is 22.7 Å². The van der Waals surface area contributed by atoms with Gasteiger partial charge in [-0.1, -0.05) is 0 Å². The molecule has 0 fully saturated rings. The van der Waals surface area contributed by atoms with Crippen LogP contribution in [0.15, 0.2) is 16.6 Å². The quantitative estimate of drug-likeness (QED) is 0.482. The highest BCUT2D eigenvalue weighted by atomic mass is 79.9. The third-order valence-electron chi connectivity index (χ3n) is 2.32. The van der Waals surface area contributed by atoms with E-state index in [9.17, 15) is 24.1 Å². The number of anilines is 1. The van der Waals surface area contributed by atoms with Crippen LogP contribution in [0, 0.1) is 15.9 Å². The van der Waals surface area contributed by atoms with Gasteiger partial charge in [0.15, 0.2) is 5.82 Å². The van der Waals surface area contributed by atoms with Gasteiger partial charge in [0.05, 0.1) is 15.7 Å². The topological polar surface area (TPSA) is 89.3 Å². The Labute approximate surface area is 102 Å². The van der Waals surface area contributed by atoms with E-state index in [4.69, 9.17) is 0 Å². The van der Waals surface area contributed by atoms with Gasteiger partial charge < -0.3 is 5.32 Å². The predicted molar refractivity (Wildman–Crippen MR) is 57.8 cm³/mol. The zero-order valence-corrected chi connectivity index (χ0v) is 9.65. The number of rotatable bonds is 1. The van der Waals surface area contributed by atoms with Crippen LogP contribution in [0.2, 0.25) is 0 Å². The third-order valence-corrected chi connectivity index (χ3v) is 2.93. The zero-order valence-electron chi connectivity index (χ0n) is 8.07. The Morgan fingerprint density at radius 3 is 2.65 bits per heavy atom. The van der Waals surface area contributed by atoms with Crippen LogP contribution in [0.5, 0.6) is 0 Å². The lowest BCUT2D eigenvalue weighted by molar-refractivity contribution is -0.490. The van der Waals surface area contributed by atoms with Crippen molar-refractivity contribution in [3.63, 3.8) is 0 Å². The van der Waals surface area contributed by atoms with Gasteiger partial charge >= 0.3 is 11.9 Å². The maximum Gasteiger partial charge on any atom is 0.351 e. The number of nitro groups is 1. The fraction of sp³-hybridized carbons (Fsp3) is 0.111. The number of halogens is 2. The molecule has 17 heavy (non-hydrogen) atoms. The number of hydrogen-bond acceptors (Lipinski definition) is 4. The van der Waals surface area contributed by atoms with Crippen molar-refractivity contribution in [1.29, 1.82) is 0 Å². The number of Topliss-reactive ketones (excluding diaryl/α,β-unsaturated/α-hetero) is 1.